The number of ether oxygens (including phenoxy) is 3. The van der Waals surface area contributed by atoms with Crippen molar-refractivity contribution in [3.05, 3.63) is 47.0 Å². The Labute approximate surface area is 165 Å². The van der Waals surface area contributed by atoms with Gasteiger partial charge in [-0.1, -0.05) is 13.8 Å². The highest BCUT2D eigenvalue weighted by molar-refractivity contribution is 6.12. The molecule has 0 fully saturated rings. The molecule has 0 aliphatic carbocycles. The van der Waals surface area contributed by atoms with Crippen LogP contribution in [0.4, 0.5) is 11.4 Å². The van der Waals surface area contributed by atoms with Gasteiger partial charge >= 0.3 is 0 Å². The van der Waals surface area contributed by atoms with Crippen LogP contribution in [0.5, 0.6) is 17.2 Å². The lowest BCUT2D eigenvalue weighted by Gasteiger charge is -2.17. The summed E-state index contributed by atoms with van der Waals surface area (Å²) < 4.78 is 16.3. The van der Waals surface area contributed by atoms with Crippen LogP contribution in [0.3, 0.4) is 0 Å². The first kappa shape index (κ1) is 19.6. The van der Waals surface area contributed by atoms with Crippen molar-refractivity contribution in [2.75, 3.05) is 38.6 Å². The van der Waals surface area contributed by atoms with E-state index in [2.05, 4.69) is 0 Å². The molecule has 0 aromatic heterocycles. The summed E-state index contributed by atoms with van der Waals surface area (Å²) in [5.74, 6) is 1.79. The molecule has 2 aromatic carbocycles. The van der Waals surface area contributed by atoms with Gasteiger partial charge in [-0.2, -0.15) is 0 Å². The van der Waals surface area contributed by atoms with Crippen molar-refractivity contribution in [3.8, 4) is 17.2 Å². The molecule has 28 heavy (non-hydrogen) atoms. The van der Waals surface area contributed by atoms with Crippen molar-refractivity contribution in [2.24, 2.45) is 5.92 Å². The van der Waals surface area contributed by atoms with Gasteiger partial charge in [-0.3, -0.25) is 4.79 Å². The van der Waals surface area contributed by atoms with Gasteiger partial charge < -0.3 is 24.8 Å². The Morgan fingerprint density at radius 1 is 1.21 bits per heavy atom. The minimum Gasteiger partial charge on any atom is -0.493 e. The van der Waals surface area contributed by atoms with E-state index in [1.807, 2.05) is 57.1 Å². The molecule has 1 heterocycles. The molecule has 0 saturated carbocycles. The molecule has 2 aromatic rings. The zero-order valence-corrected chi connectivity index (χ0v) is 16.9. The summed E-state index contributed by atoms with van der Waals surface area (Å²) in [5, 5.41) is 0. The number of rotatable bonds is 6. The first-order valence-electron chi connectivity index (χ1n) is 9.12. The van der Waals surface area contributed by atoms with E-state index in [0.717, 1.165) is 11.3 Å². The van der Waals surface area contributed by atoms with Gasteiger partial charge in [-0.05, 0) is 47.9 Å². The van der Waals surface area contributed by atoms with E-state index in [-0.39, 0.29) is 18.5 Å². The summed E-state index contributed by atoms with van der Waals surface area (Å²) >= 11 is 0. The van der Waals surface area contributed by atoms with Crippen molar-refractivity contribution < 1.29 is 19.0 Å². The third-order valence-corrected chi connectivity index (χ3v) is 4.66. The van der Waals surface area contributed by atoms with Crippen molar-refractivity contribution in [2.45, 2.75) is 13.8 Å². The van der Waals surface area contributed by atoms with E-state index in [1.54, 1.807) is 19.2 Å². The number of benzene rings is 2. The third-order valence-electron chi connectivity index (χ3n) is 4.66. The fourth-order valence-electron chi connectivity index (χ4n) is 3.15. The van der Waals surface area contributed by atoms with Gasteiger partial charge in [-0.15, -0.1) is 0 Å². The minimum absolute atomic E-state index is 0.0317. The number of hydrogen-bond donors (Lipinski definition) is 1. The molecule has 0 bridgehead atoms. The molecule has 0 amide bonds. The lowest BCUT2D eigenvalue weighted by molar-refractivity contribution is 0.102. The normalized spacial score (nSPS) is 13.0. The Hall–Kier alpha value is -3.15. The molecule has 6 heteroatoms. The topological polar surface area (TPSA) is 74.0 Å². The Morgan fingerprint density at radius 2 is 1.96 bits per heavy atom. The van der Waals surface area contributed by atoms with Gasteiger partial charge in [-0.25, -0.2) is 0 Å². The molecular formula is C22H26N2O4. The molecule has 0 atom stereocenters. The Kier molecular flexibility index (Phi) is 5.49. The van der Waals surface area contributed by atoms with Gasteiger partial charge in [0.2, 0.25) is 12.5 Å². The monoisotopic (exact) mass is 382 g/mol. The summed E-state index contributed by atoms with van der Waals surface area (Å²) in [7, 11) is 5.38. The van der Waals surface area contributed by atoms with E-state index < -0.39 is 0 Å². The minimum atomic E-state index is -0.0327. The number of nitrogen functional groups attached to an aromatic ring is 1. The number of hydrogen-bond acceptors (Lipinski definition) is 6. The van der Waals surface area contributed by atoms with Crippen LogP contribution in [-0.4, -0.2) is 33.8 Å². The highest BCUT2D eigenvalue weighted by atomic mass is 16.7. The Bertz CT molecular complexity index is 932. The number of Topliss-reactive ketones (excluding diaryl/α,β-unsaturated/α-hetero) is 1. The van der Waals surface area contributed by atoms with Crippen molar-refractivity contribution in [3.63, 3.8) is 0 Å². The molecule has 6 nitrogen and oxygen atoms in total. The fraction of sp³-hybridized carbons (Fsp3) is 0.318. The summed E-state index contributed by atoms with van der Waals surface area (Å²) in [6.07, 6.45) is 1.88. The SMILES string of the molecule is COc1cc(C=C(C(=O)c2ccc(N)c(N(C)C)c2)C(C)C)cc2c1OCO2. The number of methoxy groups -OCH3 is 1. The van der Waals surface area contributed by atoms with E-state index in [1.165, 1.54) is 0 Å². The number of nitrogens with zero attached hydrogens (tertiary/aromatic N) is 1. The molecule has 0 unspecified atom stereocenters. The van der Waals surface area contributed by atoms with Gasteiger partial charge in [0, 0.05) is 25.2 Å². The third kappa shape index (κ3) is 3.76. The highest BCUT2D eigenvalue weighted by Gasteiger charge is 2.22. The van der Waals surface area contributed by atoms with Crippen LogP contribution < -0.4 is 24.8 Å². The van der Waals surface area contributed by atoms with E-state index >= 15 is 0 Å². The van der Waals surface area contributed by atoms with Crippen LogP contribution in [0.15, 0.2) is 35.9 Å². The Morgan fingerprint density at radius 3 is 2.61 bits per heavy atom. The average molecular weight is 382 g/mol. The largest absolute Gasteiger partial charge is 0.493 e. The number of nitrogens with two attached hydrogens (primary N) is 1. The molecule has 1 aliphatic rings. The summed E-state index contributed by atoms with van der Waals surface area (Å²) in [4.78, 5) is 15.1. The molecule has 0 saturated heterocycles. The highest BCUT2D eigenvalue weighted by Crippen LogP contribution is 2.42. The average Bonchev–Trinajstić information content (AvgIpc) is 3.13. The first-order valence-corrected chi connectivity index (χ1v) is 9.12. The van der Waals surface area contributed by atoms with Crippen LogP contribution >= 0.6 is 0 Å². The van der Waals surface area contributed by atoms with Gasteiger partial charge in [0.1, 0.15) is 0 Å². The fourth-order valence-corrected chi connectivity index (χ4v) is 3.15. The molecule has 2 N–H and O–H groups in total. The van der Waals surface area contributed by atoms with Crippen LogP contribution in [0.25, 0.3) is 6.08 Å². The second kappa shape index (κ2) is 7.84. The maximum Gasteiger partial charge on any atom is 0.231 e. The van der Waals surface area contributed by atoms with Crippen LogP contribution in [0.2, 0.25) is 0 Å². The zero-order chi connectivity index (χ0) is 20.4. The zero-order valence-electron chi connectivity index (χ0n) is 16.9. The number of carbonyl (C=O) groups is 1. The number of carbonyl (C=O) groups excluding carboxylic acids is 1. The van der Waals surface area contributed by atoms with Gasteiger partial charge in [0.05, 0.1) is 18.5 Å². The predicted octanol–water partition coefficient (Wildman–Crippen LogP) is 3.99. The molecule has 0 radical (unpaired) electrons. The van der Waals surface area contributed by atoms with Crippen LogP contribution in [0.1, 0.15) is 29.8 Å². The molecular weight excluding hydrogens is 356 g/mol. The second-order valence-corrected chi connectivity index (χ2v) is 7.21. The Balaban J connectivity index is 2.03. The van der Waals surface area contributed by atoms with E-state index in [4.69, 9.17) is 19.9 Å². The lowest BCUT2D eigenvalue weighted by Crippen LogP contribution is -2.14. The van der Waals surface area contributed by atoms with Gasteiger partial charge in [0.15, 0.2) is 17.3 Å². The van der Waals surface area contributed by atoms with Gasteiger partial charge in [0.25, 0.3) is 0 Å². The molecule has 148 valence electrons. The number of anilines is 2. The molecule has 3 rings (SSSR count). The number of ketones is 1. The van der Waals surface area contributed by atoms with Crippen molar-refractivity contribution >= 4 is 23.2 Å². The summed E-state index contributed by atoms with van der Waals surface area (Å²) in [6.45, 7) is 4.16. The second-order valence-electron chi connectivity index (χ2n) is 7.21. The van der Waals surface area contributed by atoms with Crippen LogP contribution in [0, 0.1) is 5.92 Å². The maximum absolute atomic E-state index is 13.3. The number of fused-ring (bicyclic) bond motifs is 1. The molecule has 0 spiro atoms. The maximum atomic E-state index is 13.3. The summed E-state index contributed by atoms with van der Waals surface area (Å²) in [5.41, 5.74) is 9.59. The first-order chi connectivity index (χ1) is 13.3. The quantitative estimate of drug-likeness (QED) is 0.463. The summed E-state index contributed by atoms with van der Waals surface area (Å²) in [6, 6.07) is 9.06. The smallest absolute Gasteiger partial charge is 0.231 e. The molecule has 1 aliphatic heterocycles. The lowest BCUT2D eigenvalue weighted by atomic mass is 9.92. The van der Waals surface area contributed by atoms with E-state index in [0.29, 0.717) is 34.1 Å². The predicted molar refractivity (Wildman–Crippen MR) is 111 cm³/mol. The standard InChI is InChI=1S/C22H26N2O4/c1-13(2)16(21(25)15-6-7-17(23)18(11-15)24(3)4)8-14-9-19(26-5)22-20(10-14)27-12-28-22/h6-11,13H,12,23H2,1-5H3. The van der Waals surface area contributed by atoms with Crippen LogP contribution in [-0.2, 0) is 0 Å². The van der Waals surface area contributed by atoms with E-state index in [9.17, 15) is 4.79 Å². The van der Waals surface area contributed by atoms with Crippen molar-refractivity contribution in [1.82, 2.24) is 0 Å². The number of allylic oxidation sites excluding steroid dienone is 1. The van der Waals surface area contributed by atoms with Crippen molar-refractivity contribution in [1.29, 1.82) is 0 Å².